The van der Waals surface area contributed by atoms with Crippen molar-refractivity contribution in [3.05, 3.63) is 35.4 Å². The molecule has 102 valence electrons. The maximum Gasteiger partial charge on any atom is 0.00967 e. The summed E-state index contributed by atoms with van der Waals surface area (Å²) < 4.78 is 0. The van der Waals surface area contributed by atoms with E-state index in [9.17, 15) is 0 Å². The summed E-state index contributed by atoms with van der Waals surface area (Å²) in [4.78, 5) is 0. The van der Waals surface area contributed by atoms with Crippen LogP contribution in [0.2, 0.25) is 0 Å². The van der Waals surface area contributed by atoms with Gasteiger partial charge in [0.1, 0.15) is 0 Å². The summed E-state index contributed by atoms with van der Waals surface area (Å²) in [7, 11) is 0. The van der Waals surface area contributed by atoms with Gasteiger partial charge in [-0.05, 0) is 43.2 Å². The molecule has 0 saturated carbocycles. The quantitative estimate of drug-likeness (QED) is 0.830. The monoisotopic (exact) mass is 247 g/mol. The van der Waals surface area contributed by atoms with Crippen molar-refractivity contribution in [2.75, 3.05) is 6.54 Å². The van der Waals surface area contributed by atoms with Gasteiger partial charge in [-0.15, -0.1) is 0 Å². The fourth-order valence-corrected chi connectivity index (χ4v) is 1.89. The molecule has 1 nitrogen and oxygen atoms in total. The molecule has 0 heterocycles. The van der Waals surface area contributed by atoms with Crippen molar-refractivity contribution in [1.29, 1.82) is 0 Å². The summed E-state index contributed by atoms with van der Waals surface area (Å²) in [6, 6.07) is 9.08. The van der Waals surface area contributed by atoms with Crippen LogP contribution < -0.4 is 5.32 Å². The molecule has 1 atom stereocenters. The first-order valence-corrected chi connectivity index (χ1v) is 6.95. The van der Waals surface area contributed by atoms with Crippen LogP contribution in [0.1, 0.15) is 65.5 Å². The van der Waals surface area contributed by atoms with Crippen LogP contribution in [0.5, 0.6) is 0 Å². The summed E-state index contributed by atoms with van der Waals surface area (Å²) in [5, 5.41) is 3.56. The Morgan fingerprint density at radius 3 is 1.83 bits per heavy atom. The maximum absolute atomic E-state index is 3.56. The molecule has 0 aliphatic carbocycles. The van der Waals surface area contributed by atoms with Crippen LogP contribution in [0.4, 0.5) is 0 Å². The first kappa shape index (κ1) is 15.2. The molecule has 0 aromatic heterocycles. The van der Waals surface area contributed by atoms with Gasteiger partial charge >= 0.3 is 0 Å². The lowest BCUT2D eigenvalue weighted by molar-refractivity contribution is 0.412. The topological polar surface area (TPSA) is 12.0 Å². The highest BCUT2D eigenvalue weighted by atomic mass is 14.9. The van der Waals surface area contributed by atoms with E-state index in [1.807, 2.05) is 0 Å². The first-order chi connectivity index (χ1) is 8.09. The number of benzene rings is 1. The Kier molecular flexibility index (Phi) is 4.61. The molecule has 1 aromatic rings. The molecule has 1 heteroatoms. The summed E-state index contributed by atoms with van der Waals surface area (Å²) in [5.74, 6) is 0.554. The third-order valence-electron chi connectivity index (χ3n) is 3.28. The standard InChI is InChI=1S/C17H29N/c1-13(12-18-17(5,6)7)14-8-10-15(11-9-14)16(2,3)4/h8-11,13,18H,12H2,1-7H3. The van der Waals surface area contributed by atoms with Crippen molar-refractivity contribution in [3.8, 4) is 0 Å². The smallest absolute Gasteiger partial charge is 0.00967 e. The predicted octanol–water partition coefficient (Wildman–Crippen LogP) is 4.48. The van der Waals surface area contributed by atoms with Gasteiger partial charge in [0, 0.05) is 12.1 Å². The highest BCUT2D eigenvalue weighted by Crippen LogP contribution is 2.24. The van der Waals surface area contributed by atoms with Crippen molar-refractivity contribution in [2.24, 2.45) is 0 Å². The molecule has 1 N–H and O–H groups in total. The van der Waals surface area contributed by atoms with Gasteiger partial charge in [0.25, 0.3) is 0 Å². The lowest BCUT2D eigenvalue weighted by Gasteiger charge is -2.24. The Balaban J connectivity index is 2.68. The summed E-state index contributed by atoms with van der Waals surface area (Å²) in [5.41, 5.74) is 3.26. The van der Waals surface area contributed by atoms with Gasteiger partial charge in [-0.1, -0.05) is 52.0 Å². The van der Waals surface area contributed by atoms with E-state index in [2.05, 4.69) is 78.0 Å². The average molecular weight is 247 g/mol. The van der Waals surface area contributed by atoms with Gasteiger partial charge in [-0.3, -0.25) is 0 Å². The Labute approximate surface area is 113 Å². The van der Waals surface area contributed by atoms with Crippen LogP contribution in [0.25, 0.3) is 0 Å². The van der Waals surface area contributed by atoms with E-state index >= 15 is 0 Å². The molecule has 0 spiro atoms. The highest BCUT2D eigenvalue weighted by Gasteiger charge is 2.15. The molecular formula is C17H29N. The molecule has 0 fully saturated rings. The molecule has 1 unspecified atom stereocenters. The van der Waals surface area contributed by atoms with Crippen LogP contribution >= 0.6 is 0 Å². The Hall–Kier alpha value is -0.820. The number of hydrogen-bond donors (Lipinski definition) is 1. The Morgan fingerprint density at radius 2 is 1.44 bits per heavy atom. The van der Waals surface area contributed by atoms with Crippen LogP contribution in [0, 0.1) is 0 Å². The van der Waals surface area contributed by atoms with E-state index in [4.69, 9.17) is 0 Å². The lowest BCUT2D eigenvalue weighted by atomic mass is 9.85. The summed E-state index contributed by atoms with van der Waals surface area (Å²) in [6.07, 6.45) is 0. The molecule has 0 aliphatic rings. The van der Waals surface area contributed by atoms with Crippen molar-refractivity contribution >= 4 is 0 Å². The number of nitrogens with one attached hydrogen (secondary N) is 1. The summed E-state index contributed by atoms with van der Waals surface area (Å²) >= 11 is 0. The maximum atomic E-state index is 3.56. The number of rotatable bonds is 3. The zero-order valence-electron chi connectivity index (χ0n) is 13.1. The molecule has 0 bridgehead atoms. The molecule has 1 rings (SSSR count). The zero-order valence-corrected chi connectivity index (χ0v) is 13.1. The van der Waals surface area contributed by atoms with Crippen molar-refractivity contribution < 1.29 is 0 Å². The SMILES string of the molecule is CC(CNC(C)(C)C)c1ccc(C(C)(C)C)cc1. The summed E-state index contributed by atoms with van der Waals surface area (Å²) in [6.45, 7) is 16.7. The van der Waals surface area contributed by atoms with Crippen LogP contribution in [-0.2, 0) is 5.41 Å². The molecular weight excluding hydrogens is 218 g/mol. The Morgan fingerprint density at radius 1 is 0.944 bits per heavy atom. The molecule has 18 heavy (non-hydrogen) atoms. The third-order valence-corrected chi connectivity index (χ3v) is 3.28. The van der Waals surface area contributed by atoms with E-state index in [-0.39, 0.29) is 11.0 Å². The van der Waals surface area contributed by atoms with Gasteiger partial charge < -0.3 is 5.32 Å². The second-order valence-corrected chi connectivity index (χ2v) is 7.40. The van der Waals surface area contributed by atoms with E-state index in [1.54, 1.807) is 0 Å². The minimum Gasteiger partial charge on any atom is -0.311 e. The predicted molar refractivity (Wildman–Crippen MR) is 81.3 cm³/mol. The van der Waals surface area contributed by atoms with E-state index < -0.39 is 0 Å². The fourth-order valence-electron chi connectivity index (χ4n) is 1.89. The minimum atomic E-state index is 0.194. The van der Waals surface area contributed by atoms with Gasteiger partial charge in [-0.25, -0.2) is 0 Å². The first-order valence-electron chi connectivity index (χ1n) is 6.95. The Bertz CT molecular complexity index is 362. The van der Waals surface area contributed by atoms with E-state index in [0.29, 0.717) is 5.92 Å². The highest BCUT2D eigenvalue weighted by molar-refractivity contribution is 5.29. The van der Waals surface area contributed by atoms with Crippen LogP contribution in [0.3, 0.4) is 0 Å². The zero-order chi connectivity index (χ0) is 14.0. The number of hydrogen-bond acceptors (Lipinski definition) is 1. The molecule has 0 radical (unpaired) electrons. The van der Waals surface area contributed by atoms with Crippen molar-refractivity contribution in [3.63, 3.8) is 0 Å². The minimum absolute atomic E-state index is 0.194. The van der Waals surface area contributed by atoms with Crippen molar-refractivity contribution in [2.45, 2.75) is 65.3 Å². The molecule has 0 amide bonds. The molecule has 0 saturated heterocycles. The van der Waals surface area contributed by atoms with Gasteiger partial charge in [0.15, 0.2) is 0 Å². The lowest BCUT2D eigenvalue weighted by Crippen LogP contribution is -2.38. The van der Waals surface area contributed by atoms with Crippen LogP contribution in [0.15, 0.2) is 24.3 Å². The van der Waals surface area contributed by atoms with Crippen LogP contribution in [-0.4, -0.2) is 12.1 Å². The van der Waals surface area contributed by atoms with E-state index in [0.717, 1.165) is 6.54 Å². The van der Waals surface area contributed by atoms with Gasteiger partial charge in [-0.2, -0.15) is 0 Å². The second-order valence-electron chi connectivity index (χ2n) is 7.40. The normalized spacial score (nSPS) is 14.6. The fraction of sp³-hybridized carbons (Fsp3) is 0.647. The van der Waals surface area contributed by atoms with Crippen molar-refractivity contribution in [1.82, 2.24) is 5.32 Å². The second kappa shape index (κ2) is 5.44. The third kappa shape index (κ3) is 4.81. The van der Waals surface area contributed by atoms with Gasteiger partial charge in [0.05, 0.1) is 0 Å². The van der Waals surface area contributed by atoms with E-state index in [1.165, 1.54) is 11.1 Å². The largest absolute Gasteiger partial charge is 0.311 e. The molecule has 0 aliphatic heterocycles. The molecule has 1 aromatic carbocycles. The van der Waals surface area contributed by atoms with Gasteiger partial charge in [0.2, 0.25) is 0 Å². The average Bonchev–Trinajstić information content (AvgIpc) is 2.24.